The summed E-state index contributed by atoms with van der Waals surface area (Å²) in [5.74, 6) is -0.0120. The van der Waals surface area contributed by atoms with Crippen LogP contribution in [0.3, 0.4) is 0 Å². The van der Waals surface area contributed by atoms with Crippen LogP contribution in [0.2, 0.25) is 4.34 Å². The first-order valence-corrected chi connectivity index (χ1v) is 7.04. The minimum Gasteiger partial charge on any atom is -0.293 e. The van der Waals surface area contributed by atoms with E-state index in [9.17, 15) is 4.79 Å². The number of halogens is 1. The fraction of sp³-hybridized carbons (Fsp3) is 0.200. The SMILES string of the molecule is CCN1C(=O)/C(=C/c2ccc(Cl)s2)SC1=S. The molecule has 0 N–H and O–H groups in total. The highest BCUT2D eigenvalue weighted by Crippen LogP contribution is 2.34. The van der Waals surface area contributed by atoms with Crippen molar-refractivity contribution in [1.29, 1.82) is 0 Å². The first kappa shape index (κ1) is 12.1. The summed E-state index contributed by atoms with van der Waals surface area (Å²) in [4.78, 5) is 15.1. The van der Waals surface area contributed by atoms with E-state index in [0.29, 0.717) is 15.8 Å². The summed E-state index contributed by atoms with van der Waals surface area (Å²) >= 11 is 13.7. The van der Waals surface area contributed by atoms with Gasteiger partial charge in [0.1, 0.15) is 4.32 Å². The largest absolute Gasteiger partial charge is 0.293 e. The van der Waals surface area contributed by atoms with Crippen LogP contribution < -0.4 is 0 Å². The van der Waals surface area contributed by atoms with E-state index in [-0.39, 0.29) is 5.91 Å². The second-order valence-electron chi connectivity index (χ2n) is 3.07. The summed E-state index contributed by atoms with van der Waals surface area (Å²) in [6, 6.07) is 3.71. The van der Waals surface area contributed by atoms with Crippen LogP contribution in [0.1, 0.15) is 11.8 Å². The van der Waals surface area contributed by atoms with Crippen molar-refractivity contribution < 1.29 is 4.79 Å². The van der Waals surface area contributed by atoms with Gasteiger partial charge in [-0.3, -0.25) is 9.69 Å². The van der Waals surface area contributed by atoms with E-state index in [1.54, 1.807) is 4.90 Å². The highest BCUT2D eigenvalue weighted by atomic mass is 35.5. The third kappa shape index (κ3) is 2.32. The molecule has 0 saturated carbocycles. The average Bonchev–Trinajstić information content (AvgIpc) is 2.74. The molecule has 1 fully saturated rings. The molecule has 1 saturated heterocycles. The summed E-state index contributed by atoms with van der Waals surface area (Å²) in [6.07, 6.45) is 1.84. The predicted molar refractivity (Wildman–Crippen MR) is 74.9 cm³/mol. The molecule has 0 bridgehead atoms. The standard InChI is InChI=1S/C10H8ClNOS3/c1-2-12-9(13)7(16-10(12)14)5-6-3-4-8(11)15-6/h3-5H,2H2,1H3/b7-5-. The molecule has 1 aromatic rings. The quantitative estimate of drug-likeness (QED) is 0.613. The number of nitrogens with zero attached hydrogens (tertiary/aromatic N) is 1. The van der Waals surface area contributed by atoms with E-state index in [2.05, 4.69) is 0 Å². The maximum Gasteiger partial charge on any atom is 0.266 e. The number of thioether (sulfide) groups is 1. The molecule has 1 amide bonds. The first-order chi connectivity index (χ1) is 7.61. The van der Waals surface area contributed by atoms with Crippen LogP contribution in [-0.4, -0.2) is 21.7 Å². The highest BCUT2D eigenvalue weighted by molar-refractivity contribution is 8.26. The van der Waals surface area contributed by atoms with Gasteiger partial charge in [0.25, 0.3) is 5.91 Å². The van der Waals surface area contributed by atoms with Gasteiger partial charge in [0, 0.05) is 11.4 Å². The fourth-order valence-corrected chi connectivity index (χ4v) is 3.76. The Morgan fingerprint density at radius 1 is 1.56 bits per heavy atom. The van der Waals surface area contributed by atoms with Gasteiger partial charge in [0.05, 0.1) is 9.24 Å². The second-order valence-corrected chi connectivity index (χ2v) is 6.49. The topological polar surface area (TPSA) is 20.3 Å². The number of carbonyl (C=O) groups is 1. The number of amides is 1. The normalized spacial score (nSPS) is 18.9. The lowest BCUT2D eigenvalue weighted by molar-refractivity contribution is -0.121. The van der Waals surface area contributed by atoms with Gasteiger partial charge >= 0.3 is 0 Å². The molecule has 0 aromatic carbocycles. The van der Waals surface area contributed by atoms with Crippen molar-refractivity contribution in [3.8, 4) is 0 Å². The highest BCUT2D eigenvalue weighted by Gasteiger charge is 2.30. The molecule has 16 heavy (non-hydrogen) atoms. The van der Waals surface area contributed by atoms with E-state index in [4.69, 9.17) is 23.8 Å². The van der Waals surface area contributed by atoms with Crippen LogP contribution in [0.5, 0.6) is 0 Å². The Labute approximate surface area is 112 Å². The monoisotopic (exact) mass is 289 g/mol. The molecule has 0 atom stereocenters. The van der Waals surface area contributed by atoms with Crippen molar-refractivity contribution >= 4 is 63.2 Å². The van der Waals surface area contributed by atoms with Crippen LogP contribution >= 0.6 is 46.9 Å². The number of hydrogen-bond acceptors (Lipinski definition) is 4. The first-order valence-electron chi connectivity index (χ1n) is 4.62. The lowest BCUT2D eigenvalue weighted by Crippen LogP contribution is -2.27. The summed E-state index contributed by atoms with van der Waals surface area (Å²) in [5.41, 5.74) is 0. The van der Waals surface area contributed by atoms with Crippen LogP contribution in [0.4, 0.5) is 0 Å². The van der Waals surface area contributed by atoms with Crippen LogP contribution in [-0.2, 0) is 4.79 Å². The Morgan fingerprint density at radius 2 is 2.31 bits per heavy atom. The molecular formula is C10H8ClNOS3. The summed E-state index contributed by atoms with van der Waals surface area (Å²) in [5, 5.41) is 0. The maximum atomic E-state index is 11.9. The second kappa shape index (κ2) is 4.87. The smallest absolute Gasteiger partial charge is 0.266 e. The molecule has 2 rings (SSSR count). The zero-order chi connectivity index (χ0) is 11.7. The van der Waals surface area contributed by atoms with Crippen molar-refractivity contribution in [2.75, 3.05) is 6.54 Å². The third-order valence-corrected chi connectivity index (χ3v) is 4.61. The number of thiophene rings is 1. The van der Waals surface area contributed by atoms with E-state index in [1.165, 1.54) is 23.1 Å². The number of carbonyl (C=O) groups excluding carboxylic acids is 1. The third-order valence-electron chi connectivity index (χ3n) is 2.06. The molecule has 1 aliphatic rings. The van der Waals surface area contributed by atoms with Crippen molar-refractivity contribution in [3.05, 3.63) is 26.3 Å². The molecule has 1 aromatic heterocycles. The molecular weight excluding hydrogens is 282 g/mol. The van der Waals surface area contributed by atoms with Gasteiger partial charge in [-0.05, 0) is 25.1 Å². The minimum absolute atomic E-state index is 0.0120. The van der Waals surface area contributed by atoms with E-state index in [0.717, 1.165) is 9.21 Å². The number of hydrogen-bond donors (Lipinski definition) is 0. The fourth-order valence-electron chi connectivity index (χ4n) is 1.31. The zero-order valence-electron chi connectivity index (χ0n) is 8.40. The molecule has 1 aliphatic heterocycles. The van der Waals surface area contributed by atoms with Gasteiger partial charge in [-0.2, -0.15) is 0 Å². The van der Waals surface area contributed by atoms with E-state index < -0.39 is 0 Å². The Bertz CT molecular complexity index is 480. The molecule has 0 spiro atoms. The summed E-state index contributed by atoms with van der Waals surface area (Å²) in [7, 11) is 0. The zero-order valence-corrected chi connectivity index (χ0v) is 11.6. The van der Waals surface area contributed by atoms with Crippen LogP contribution in [0, 0.1) is 0 Å². The molecule has 84 valence electrons. The number of rotatable bonds is 2. The van der Waals surface area contributed by atoms with Gasteiger partial charge in [-0.1, -0.05) is 35.6 Å². The molecule has 0 aliphatic carbocycles. The molecule has 0 unspecified atom stereocenters. The lowest BCUT2D eigenvalue weighted by Gasteiger charge is -2.09. The van der Waals surface area contributed by atoms with Crippen molar-refractivity contribution in [1.82, 2.24) is 4.90 Å². The van der Waals surface area contributed by atoms with Crippen molar-refractivity contribution in [2.45, 2.75) is 6.92 Å². The van der Waals surface area contributed by atoms with Gasteiger partial charge in [-0.15, -0.1) is 11.3 Å². The van der Waals surface area contributed by atoms with Gasteiger partial charge in [0.15, 0.2) is 0 Å². The minimum atomic E-state index is -0.0120. The number of thiocarbonyl (C=S) groups is 1. The summed E-state index contributed by atoms with van der Waals surface area (Å²) < 4.78 is 1.35. The van der Waals surface area contributed by atoms with Crippen molar-refractivity contribution in [2.24, 2.45) is 0 Å². The Balaban J connectivity index is 2.27. The Hall–Kier alpha value is -0.360. The predicted octanol–water partition coefficient (Wildman–Crippen LogP) is 3.62. The number of likely N-dealkylation sites (N-methyl/N-ethyl adjacent to an activating group) is 1. The lowest BCUT2D eigenvalue weighted by atomic mass is 10.4. The molecule has 2 nitrogen and oxygen atoms in total. The van der Waals surface area contributed by atoms with Gasteiger partial charge in [-0.25, -0.2) is 0 Å². The average molecular weight is 290 g/mol. The molecule has 2 heterocycles. The van der Waals surface area contributed by atoms with Gasteiger partial charge < -0.3 is 0 Å². The van der Waals surface area contributed by atoms with E-state index >= 15 is 0 Å². The Kier molecular flexibility index (Phi) is 3.69. The van der Waals surface area contributed by atoms with Gasteiger partial charge in [0.2, 0.25) is 0 Å². The van der Waals surface area contributed by atoms with Crippen molar-refractivity contribution in [3.63, 3.8) is 0 Å². The van der Waals surface area contributed by atoms with Crippen LogP contribution in [0.15, 0.2) is 17.0 Å². The van der Waals surface area contributed by atoms with Crippen LogP contribution in [0.25, 0.3) is 6.08 Å². The maximum absolute atomic E-state index is 11.9. The van der Waals surface area contributed by atoms with E-state index in [1.807, 2.05) is 25.1 Å². The molecule has 0 radical (unpaired) electrons. The summed E-state index contributed by atoms with van der Waals surface area (Å²) in [6.45, 7) is 2.53. The molecule has 6 heteroatoms. The Morgan fingerprint density at radius 3 is 2.81 bits per heavy atom.